The Morgan fingerprint density at radius 3 is 2.59 bits per heavy atom. The fourth-order valence-electron chi connectivity index (χ4n) is 5.77. The molecule has 1 fully saturated rings. The van der Waals surface area contributed by atoms with Crippen molar-refractivity contribution >= 4 is 39.9 Å². The average Bonchev–Trinajstić information content (AvgIpc) is 3.38. The maximum Gasteiger partial charge on any atom is 0.252 e. The minimum atomic E-state index is -0.589. The number of aromatic nitrogens is 1. The molecule has 5 rings (SSSR count). The molecule has 0 unspecified atom stereocenters. The quantitative estimate of drug-likeness (QED) is 0.237. The van der Waals surface area contributed by atoms with Crippen LogP contribution in [0.2, 0.25) is 5.02 Å². The predicted octanol–water partition coefficient (Wildman–Crippen LogP) is 6.11. The molecule has 0 aliphatic carbocycles. The van der Waals surface area contributed by atoms with Gasteiger partial charge in [-0.25, -0.2) is 0 Å². The van der Waals surface area contributed by atoms with E-state index in [0.29, 0.717) is 52.7 Å². The molecule has 1 aromatic heterocycles. The Morgan fingerprint density at radius 2 is 1.85 bits per heavy atom. The van der Waals surface area contributed by atoms with E-state index in [1.807, 2.05) is 12.1 Å². The molecular weight excluding hydrogens is 602 g/mol. The van der Waals surface area contributed by atoms with Crippen molar-refractivity contribution in [1.82, 2.24) is 14.8 Å². The molecule has 2 aromatic carbocycles. The number of fused-ring (bicyclic) bond motifs is 1. The fraction of sp³-hybridized carbons (Fsp3) is 0.444. The van der Waals surface area contributed by atoms with Crippen molar-refractivity contribution in [2.24, 2.45) is 16.1 Å². The Balaban J connectivity index is 1.23. The van der Waals surface area contributed by atoms with E-state index >= 15 is 0 Å². The average molecular weight is 646 g/mol. The van der Waals surface area contributed by atoms with Gasteiger partial charge < -0.3 is 25.0 Å². The summed E-state index contributed by atoms with van der Waals surface area (Å²) in [6.07, 6.45) is 6.26. The standard InChI is InChI=1S/C36H44ClN5O4/c1-36(2,3)34-18-24(23-40-34)17-26(43)19-25-7-8-27(20-30(25)37)46-32-9-10-39-31-22-33(29(35(38)44)21-28(31)32)45-16-6-13-42-12-5-11-41(4)14-15-42/h7-10,18,20-22H,5-6,11-17,19,23H2,1-4H3,(H2,38,44). The summed E-state index contributed by atoms with van der Waals surface area (Å²) in [7, 11) is 2.16. The van der Waals surface area contributed by atoms with Crippen molar-refractivity contribution in [1.29, 1.82) is 0 Å². The van der Waals surface area contributed by atoms with E-state index in [4.69, 9.17) is 26.8 Å². The van der Waals surface area contributed by atoms with Crippen molar-refractivity contribution in [3.05, 3.63) is 70.4 Å². The van der Waals surface area contributed by atoms with E-state index in [1.165, 1.54) is 0 Å². The second-order valence-corrected chi connectivity index (χ2v) is 13.6. The molecule has 0 radical (unpaired) electrons. The van der Waals surface area contributed by atoms with Crippen LogP contribution < -0.4 is 15.2 Å². The van der Waals surface area contributed by atoms with Crippen LogP contribution in [0.1, 0.15) is 56.0 Å². The molecule has 2 aliphatic rings. The summed E-state index contributed by atoms with van der Waals surface area (Å²) in [6.45, 7) is 12.6. The van der Waals surface area contributed by atoms with Crippen LogP contribution in [-0.2, 0) is 11.2 Å². The Morgan fingerprint density at radius 1 is 1.02 bits per heavy atom. The lowest BCUT2D eigenvalue weighted by atomic mass is 9.89. The van der Waals surface area contributed by atoms with Crippen LogP contribution in [0.15, 0.2) is 59.2 Å². The summed E-state index contributed by atoms with van der Waals surface area (Å²) >= 11 is 6.60. The summed E-state index contributed by atoms with van der Waals surface area (Å²) in [5.74, 6) is 0.892. The predicted molar refractivity (Wildman–Crippen MR) is 184 cm³/mol. The van der Waals surface area contributed by atoms with Gasteiger partial charge in [-0.2, -0.15) is 0 Å². The van der Waals surface area contributed by atoms with Gasteiger partial charge in [0, 0.05) is 66.3 Å². The first-order valence-corrected chi connectivity index (χ1v) is 16.3. The van der Waals surface area contributed by atoms with Crippen LogP contribution in [0.5, 0.6) is 17.2 Å². The zero-order valence-electron chi connectivity index (χ0n) is 27.3. The maximum atomic E-state index is 12.9. The van der Waals surface area contributed by atoms with Crippen LogP contribution in [0.25, 0.3) is 10.9 Å². The topological polar surface area (TPSA) is 110 Å². The second kappa shape index (κ2) is 14.8. The van der Waals surface area contributed by atoms with Gasteiger partial charge in [0.15, 0.2) is 0 Å². The van der Waals surface area contributed by atoms with E-state index in [0.717, 1.165) is 62.4 Å². The number of halogens is 1. The lowest BCUT2D eigenvalue weighted by Gasteiger charge is -2.20. The molecule has 0 bridgehead atoms. The molecule has 2 N–H and O–H groups in total. The van der Waals surface area contributed by atoms with Gasteiger partial charge in [-0.05, 0) is 74.5 Å². The Hall–Kier alpha value is -3.79. The van der Waals surface area contributed by atoms with Crippen LogP contribution in [-0.4, -0.2) is 85.1 Å². The molecule has 3 heterocycles. The summed E-state index contributed by atoms with van der Waals surface area (Å²) in [5, 5.41) is 1.06. The largest absolute Gasteiger partial charge is 0.493 e. The second-order valence-electron chi connectivity index (χ2n) is 13.2. The number of likely N-dealkylation sites (N-methyl/N-ethyl adjacent to an activating group) is 1. The highest BCUT2D eigenvalue weighted by Crippen LogP contribution is 2.35. The van der Waals surface area contributed by atoms with Gasteiger partial charge in [0.05, 0.1) is 24.2 Å². The summed E-state index contributed by atoms with van der Waals surface area (Å²) in [6, 6.07) is 10.4. The first kappa shape index (κ1) is 33.6. The number of ether oxygens (including phenoxy) is 2. The molecule has 1 amide bonds. The van der Waals surface area contributed by atoms with Gasteiger partial charge in [0.1, 0.15) is 23.0 Å². The number of hydrogen-bond donors (Lipinski definition) is 1. The van der Waals surface area contributed by atoms with E-state index in [9.17, 15) is 9.59 Å². The van der Waals surface area contributed by atoms with Crippen molar-refractivity contribution in [3.63, 3.8) is 0 Å². The number of amides is 1. The SMILES string of the molecule is CN1CCCN(CCCOc2cc3nccc(Oc4ccc(CC(=O)CC5=CC(C(C)(C)C)=NC5)c(Cl)c4)c3cc2C(N)=O)CC1. The minimum Gasteiger partial charge on any atom is -0.493 e. The molecule has 3 aromatic rings. The Bertz CT molecular complexity index is 1660. The zero-order chi connectivity index (χ0) is 32.8. The van der Waals surface area contributed by atoms with Crippen LogP contribution in [0, 0.1) is 5.41 Å². The Labute approximate surface area is 276 Å². The zero-order valence-corrected chi connectivity index (χ0v) is 28.0. The van der Waals surface area contributed by atoms with Gasteiger partial charge in [-0.1, -0.05) is 38.4 Å². The van der Waals surface area contributed by atoms with Gasteiger partial charge >= 0.3 is 0 Å². The third-order valence-electron chi connectivity index (χ3n) is 8.38. The van der Waals surface area contributed by atoms with Crippen LogP contribution in [0.3, 0.4) is 0 Å². The van der Waals surface area contributed by atoms with Crippen LogP contribution >= 0.6 is 11.6 Å². The monoisotopic (exact) mass is 645 g/mol. The van der Waals surface area contributed by atoms with Crippen molar-refractivity contribution < 1.29 is 19.1 Å². The third kappa shape index (κ3) is 8.72. The Kier molecular flexibility index (Phi) is 10.8. The van der Waals surface area contributed by atoms with E-state index in [2.05, 4.69) is 47.6 Å². The fourth-order valence-corrected chi connectivity index (χ4v) is 6.00. The van der Waals surface area contributed by atoms with E-state index in [-0.39, 0.29) is 23.2 Å². The maximum absolute atomic E-state index is 12.9. The van der Waals surface area contributed by atoms with Gasteiger partial charge in [-0.3, -0.25) is 19.6 Å². The highest BCUT2D eigenvalue weighted by molar-refractivity contribution is 6.31. The lowest BCUT2D eigenvalue weighted by molar-refractivity contribution is -0.117. The smallest absolute Gasteiger partial charge is 0.252 e. The number of aliphatic imine (C=N–C) groups is 1. The lowest BCUT2D eigenvalue weighted by Crippen LogP contribution is -2.30. The molecule has 0 saturated carbocycles. The number of carbonyl (C=O) groups excluding carboxylic acids is 2. The molecule has 9 nitrogen and oxygen atoms in total. The molecule has 0 spiro atoms. The molecule has 1 saturated heterocycles. The number of rotatable bonds is 12. The van der Waals surface area contributed by atoms with Gasteiger partial charge in [0.2, 0.25) is 0 Å². The normalized spacial score (nSPS) is 16.2. The number of benzene rings is 2. The first-order valence-electron chi connectivity index (χ1n) is 15.9. The number of nitrogens with zero attached hydrogens (tertiary/aromatic N) is 4. The van der Waals surface area contributed by atoms with Crippen LogP contribution in [0.4, 0.5) is 0 Å². The van der Waals surface area contributed by atoms with Crippen molar-refractivity contribution in [2.75, 3.05) is 52.9 Å². The number of pyridine rings is 1. The van der Waals surface area contributed by atoms with E-state index < -0.39 is 5.91 Å². The van der Waals surface area contributed by atoms with Crippen molar-refractivity contribution in [3.8, 4) is 17.2 Å². The molecule has 46 heavy (non-hydrogen) atoms. The molecule has 10 heteroatoms. The number of hydrogen-bond acceptors (Lipinski definition) is 8. The number of nitrogens with two attached hydrogens (primary N) is 1. The highest BCUT2D eigenvalue weighted by atomic mass is 35.5. The molecular formula is C36H44ClN5O4. The first-order chi connectivity index (χ1) is 22.0. The number of primary amides is 1. The number of Topliss-reactive ketones (excluding diaryl/α,β-unsaturated/α-hetero) is 1. The summed E-state index contributed by atoms with van der Waals surface area (Å²) in [5.41, 5.74) is 9.40. The number of ketones is 1. The third-order valence-corrected chi connectivity index (χ3v) is 8.73. The highest BCUT2D eigenvalue weighted by Gasteiger charge is 2.22. The molecule has 2 aliphatic heterocycles. The molecule has 244 valence electrons. The minimum absolute atomic E-state index is 0.0361. The number of carbonyl (C=O) groups is 2. The number of allylic oxidation sites excluding steroid dienone is 1. The summed E-state index contributed by atoms with van der Waals surface area (Å²) < 4.78 is 12.3. The van der Waals surface area contributed by atoms with Gasteiger partial charge in [-0.15, -0.1) is 0 Å². The van der Waals surface area contributed by atoms with Gasteiger partial charge in [0.25, 0.3) is 5.91 Å². The van der Waals surface area contributed by atoms with E-state index in [1.54, 1.807) is 36.5 Å². The molecule has 0 atom stereocenters. The van der Waals surface area contributed by atoms with Crippen molar-refractivity contribution in [2.45, 2.75) is 46.5 Å². The summed E-state index contributed by atoms with van der Waals surface area (Å²) in [4.78, 5) is 39.2.